The number of carboxylic acid groups (broad SMARTS) is 1. The molecule has 0 spiro atoms. The van der Waals surface area contributed by atoms with Crippen LogP contribution in [0.2, 0.25) is 0 Å². The van der Waals surface area contributed by atoms with E-state index in [0.29, 0.717) is 22.7 Å². The molecule has 19 heavy (non-hydrogen) atoms. The lowest BCUT2D eigenvalue weighted by Crippen LogP contribution is -2.24. The first-order chi connectivity index (χ1) is 8.73. The Balaban J connectivity index is 3.29. The lowest BCUT2D eigenvalue weighted by atomic mass is 10.00. The Morgan fingerprint density at radius 3 is 2.21 bits per heavy atom. The number of aryl methyl sites for hydroxylation is 1. The zero-order chi connectivity index (χ0) is 14.7. The third-order valence-corrected chi connectivity index (χ3v) is 3.24. The molecule has 0 aliphatic rings. The molecule has 104 valence electrons. The summed E-state index contributed by atoms with van der Waals surface area (Å²) in [5.74, 6) is -1.25. The van der Waals surface area contributed by atoms with Gasteiger partial charge in [0.2, 0.25) is 0 Å². The smallest absolute Gasteiger partial charge is 0.336 e. The van der Waals surface area contributed by atoms with Crippen LogP contribution in [0.15, 0.2) is 12.1 Å². The van der Waals surface area contributed by atoms with Gasteiger partial charge < -0.3 is 16.2 Å². The number of carboxylic acids is 1. The molecular formula is C14H20N2O3. The van der Waals surface area contributed by atoms with Crippen molar-refractivity contribution in [2.45, 2.75) is 33.7 Å². The third kappa shape index (κ3) is 3.47. The van der Waals surface area contributed by atoms with Gasteiger partial charge in [-0.05, 0) is 37.5 Å². The Morgan fingerprint density at radius 2 is 1.79 bits per heavy atom. The second-order valence-electron chi connectivity index (χ2n) is 5.06. The summed E-state index contributed by atoms with van der Waals surface area (Å²) in [5, 5.41) is 12.3. The summed E-state index contributed by atoms with van der Waals surface area (Å²) in [4.78, 5) is 22.6. The standard InChI is InChI=1S/C14H20N2O3/c1-7(2)9(4)16-12-6-10(14(18)19)8(3)5-11(12)13(15)17/h5-7,9,16H,1-4H3,(H2,15,17)(H,18,19)/t9-/m1/s1. The summed E-state index contributed by atoms with van der Waals surface area (Å²) in [6.07, 6.45) is 0. The van der Waals surface area contributed by atoms with Crippen molar-refractivity contribution >= 4 is 17.6 Å². The van der Waals surface area contributed by atoms with E-state index >= 15 is 0 Å². The lowest BCUT2D eigenvalue weighted by molar-refractivity contribution is 0.0695. The highest BCUT2D eigenvalue weighted by Crippen LogP contribution is 2.23. The van der Waals surface area contributed by atoms with E-state index in [0.717, 1.165) is 0 Å². The maximum atomic E-state index is 11.4. The predicted molar refractivity (Wildman–Crippen MR) is 74.6 cm³/mol. The molecule has 1 atom stereocenters. The van der Waals surface area contributed by atoms with Crippen molar-refractivity contribution in [2.75, 3.05) is 5.32 Å². The third-order valence-electron chi connectivity index (χ3n) is 3.24. The first kappa shape index (κ1) is 15.0. The molecule has 1 rings (SSSR count). The molecule has 0 heterocycles. The molecular weight excluding hydrogens is 244 g/mol. The zero-order valence-corrected chi connectivity index (χ0v) is 11.7. The highest BCUT2D eigenvalue weighted by atomic mass is 16.4. The molecule has 1 aromatic rings. The van der Waals surface area contributed by atoms with Crippen LogP contribution in [0.5, 0.6) is 0 Å². The van der Waals surface area contributed by atoms with Gasteiger partial charge in [-0.25, -0.2) is 4.79 Å². The van der Waals surface area contributed by atoms with E-state index < -0.39 is 11.9 Å². The van der Waals surface area contributed by atoms with E-state index in [1.54, 1.807) is 6.92 Å². The molecule has 0 aliphatic heterocycles. The number of hydrogen-bond donors (Lipinski definition) is 3. The zero-order valence-electron chi connectivity index (χ0n) is 11.7. The summed E-state index contributed by atoms with van der Waals surface area (Å²) in [6, 6.07) is 3.08. The Kier molecular flexibility index (Phi) is 4.53. The van der Waals surface area contributed by atoms with Crippen molar-refractivity contribution in [3.05, 3.63) is 28.8 Å². The molecule has 5 heteroatoms. The van der Waals surface area contributed by atoms with Crippen molar-refractivity contribution in [1.82, 2.24) is 0 Å². The number of hydrogen-bond acceptors (Lipinski definition) is 3. The number of carbonyl (C=O) groups is 2. The highest BCUT2D eigenvalue weighted by molar-refractivity contribution is 6.01. The molecule has 1 aromatic carbocycles. The summed E-state index contributed by atoms with van der Waals surface area (Å²) < 4.78 is 0. The maximum Gasteiger partial charge on any atom is 0.336 e. The van der Waals surface area contributed by atoms with Crippen LogP contribution in [-0.4, -0.2) is 23.0 Å². The lowest BCUT2D eigenvalue weighted by Gasteiger charge is -2.21. The quantitative estimate of drug-likeness (QED) is 0.760. The van der Waals surface area contributed by atoms with Gasteiger partial charge in [0.15, 0.2) is 0 Å². The molecule has 1 amide bonds. The average Bonchev–Trinajstić information content (AvgIpc) is 2.29. The van der Waals surface area contributed by atoms with Gasteiger partial charge in [-0.15, -0.1) is 0 Å². The maximum absolute atomic E-state index is 11.4. The molecule has 0 radical (unpaired) electrons. The normalized spacial score (nSPS) is 12.3. The largest absolute Gasteiger partial charge is 0.478 e. The number of aromatic carboxylic acids is 1. The Labute approximate surface area is 112 Å². The number of primary amides is 1. The number of nitrogens with one attached hydrogen (secondary N) is 1. The second-order valence-corrected chi connectivity index (χ2v) is 5.06. The van der Waals surface area contributed by atoms with Gasteiger partial charge in [-0.3, -0.25) is 4.79 Å². The van der Waals surface area contributed by atoms with Gasteiger partial charge in [0.1, 0.15) is 0 Å². The molecule has 5 nitrogen and oxygen atoms in total. The van der Waals surface area contributed by atoms with Gasteiger partial charge >= 0.3 is 5.97 Å². The van der Waals surface area contributed by atoms with Crippen LogP contribution < -0.4 is 11.1 Å². The number of amides is 1. The number of rotatable bonds is 5. The summed E-state index contributed by atoms with van der Waals surface area (Å²) >= 11 is 0. The Bertz CT molecular complexity index is 510. The molecule has 0 saturated carbocycles. The minimum Gasteiger partial charge on any atom is -0.478 e. The molecule has 0 unspecified atom stereocenters. The van der Waals surface area contributed by atoms with Crippen LogP contribution in [0.25, 0.3) is 0 Å². The fourth-order valence-corrected chi connectivity index (χ4v) is 1.67. The van der Waals surface area contributed by atoms with Gasteiger partial charge in [0, 0.05) is 11.7 Å². The molecule has 4 N–H and O–H groups in total. The molecule has 0 aromatic heterocycles. The van der Waals surface area contributed by atoms with E-state index in [-0.39, 0.29) is 11.6 Å². The SMILES string of the molecule is Cc1cc(C(N)=O)c(N[C@H](C)C(C)C)cc1C(=O)O. The van der Waals surface area contributed by atoms with Gasteiger partial charge in [-0.2, -0.15) is 0 Å². The average molecular weight is 264 g/mol. The van der Waals surface area contributed by atoms with Gasteiger partial charge in [-0.1, -0.05) is 13.8 Å². The number of carbonyl (C=O) groups excluding carboxylic acids is 1. The van der Waals surface area contributed by atoms with Crippen LogP contribution in [-0.2, 0) is 0 Å². The minimum atomic E-state index is -1.02. The van der Waals surface area contributed by atoms with Crippen LogP contribution in [0.1, 0.15) is 47.1 Å². The second kappa shape index (κ2) is 5.73. The van der Waals surface area contributed by atoms with Crippen LogP contribution in [0, 0.1) is 12.8 Å². The summed E-state index contributed by atoms with van der Waals surface area (Å²) in [5.41, 5.74) is 6.81. The predicted octanol–water partition coefficient (Wildman–Crippen LogP) is 2.25. The number of nitrogens with two attached hydrogens (primary N) is 1. The summed E-state index contributed by atoms with van der Waals surface area (Å²) in [7, 11) is 0. The van der Waals surface area contributed by atoms with Crippen molar-refractivity contribution < 1.29 is 14.7 Å². The van der Waals surface area contributed by atoms with E-state index in [9.17, 15) is 9.59 Å². The van der Waals surface area contributed by atoms with Crippen molar-refractivity contribution in [1.29, 1.82) is 0 Å². The minimum absolute atomic E-state index is 0.0995. The fraction of sp³-hybridized carbons (Fsp3) is 0.429. The van der Waals surface area contributed by atoms with Crippen LogP contribution in [0.4, 0.5) is 5.69 Å². The molecule has 0 aliphatic carbocycles. The van der Waals surface area contributed by atoms with E-state index in [1.165, 1.54) is 12.1 Å². The van der Waals surface area contributed by atoms with E-state index in [1.807, 2.05) is 20.8 Å². The Hall–Kier alpha value is -2.04. The summed E-state index contributed by atoms with van der Waals surface area (Å²) in [6.45, 7) is 7.68. The topological polar surface area (TPSA) is 92.4 Å². The van der Waals surface area contributed by atoms with Gasteiger partial charge in [0.05, 0.1) is 11.1 Å². The molecule has 0 bridgehead atoms. The first-order valence-electron chi connectivity index (χ1n) is 6.18. The monoisotopic (exact) mass is 264 g/mol. The van der Waals surface area contributed by atoms with Crippen LogP contribution in [0.3, 0.4) is 0 Å². The molecule has 0 saturated heterocycles. The number of anilines is 1. The first-order valence-corrected chi connectivity index (χ1v) is 6.18. The Morgan fingerprint density at radius 1 is 1.21 bits per heavy atom. The van der Waals surface area contributed by atoms with Crippen LogP contribution >= 0.6 is 0 Å². The van der Waals surface area contributed by atoms with Crippen molar-refractivity contribution in [2.24, 2.45) is 11.7 Å². The fourth-order valence-electron chi connectivity index (χ4n) is 1.67. The number of benzene rings is 1. The van der Waals surface area contributed by atoms with Gasteiger partial charge in [0.25, 0.3) is 5.91 Å². The van der Waals surface area contributed by atoms with E-state index in [2.05, 4.69) is 5.32 Å². The highest BCUT2D eigenvalue weighted by Gasteiger charge is 2.17. The molecule has 0 fully saturated rings. The van der Waals surface area contributed by atoms with E-state index in [4.69, 9.17) is 10.8 Å². The van der Waals surface area contributed by atoms with Crippen molar-refractivity contribution in [3.8, 4) is 0 Å². The van der Waals surface area contributed by atoms with Crippen molar-refractivity contribution in [3.63, 3.8) is 0 Å².